The van der Waals surface area contributed by atoms with E-state index < -0.39 is 5.60 Å². The second-order valence-corrected chi connectivity index (χ2v) is 8.63. The number of amides is 1. The normalized spacial score (nSPS) is 17.8. The molecule has 28 heavy (non-hydrogen) atoms. The van der Waals surface area contributed by atoms with Gasteiger partial charge >= 0.3 is 6.09 Å². The van der Waals surface area contributed by atoms with Gasteiger partial charge < -0.3 is 10.1 Å². The number of aryl methyl sites for hydroxylation is 1. The zero-order chi connectivity index (χ0) is 20.3. The number of rotatable bonds is 4. The number of nitrogens with zero attached hydrogens (tertiary/aromatic N) is 2. The van der Waals surface area contributed by atoms with Gasteiger partial charge in [0.25, 0.3) is 0 Å². The zero-order valence-electron chi connectivity index (χ0n) is 17.5. The van der Waals surface area contributed by atoms with Crippen LogP contribution in [0.5, 0.6) is 0 Å². The van der Waals surface area contributed by atoms with Gasteiger partial charge in [-0.05, 0) is 63.8 Å². The summed E-state index contributed by atoms with van der Waals surface area (Å²) in [4.78, 5) is 19.2. The molecular weight excluding hydrogens is 350 g/mol. The van der Waals surface area contributed by atoms with Crippen molar-refractivity contribution in [2.24, 2.45) is 0 Å². The summed E-state index contributed by atoms with van der Waals surface area (Å²) < 4.78 is 5.67. The van der Waals surface area contributed by atoms with E-state index >= 15 is 0 Å². The molecular formula is C23H31N3O2. The molecule has 1 amide bonds. The van der Waals surface area contributed by atoms with Crippen molar-refractivity contribution in [3.63, 3.8) is 0 Å². The third-order valence-electron chi connectivity index (χ3n) is 5.02. The molecule has 3 rings (SSSR count). The first-order valence-electron chi connectivity index (χ1n) is 9.95. The molecule has 1 aromatic carbocycles. The molecule has 2 heterocycles. The standard InChI is InChI=1S/C23H31N3O2/c1-16-10-11-21(25-13-16)17(2)24-14-20-12-18-8-6-7-9-19(18)15-26(20)22(27)28-23(3,4)5/h6-11,13,17,20,24H,12,14-15H2,1-5H3/t17?,20-/m1/s1. The van der Waals surface area contributed by atoms with Gasteiger partial charge in [-0.25, -0.2) is 4.79 Å². The molecule has 5 nitrogen and oxygen atoms in total. The average Bonchev–Trinajstić information content (AvgIpc) is 2.64. The van der Waals surface area contributed by atoms with Gasteiger partial charge in [0.05, 0.1) is 11.7 Å². The molecule has 0 saturated carbocycles. The van der Waals surface area contributed by atoms with E-state index in [4.69, 9.17) is 4.74 Å². The number of carbonyl (C=O) groups excluding carboxylic acids is 1. The van der Waals surface area contributed by atoms with Gasteiger partial charge in [-0.1, -0.05) is 30.3 Å². The third kappa shape index (κ3) is 5.10. The largest absolute Gasteiger partial charge is 0.444 e. The molecule has 0 aliphatic carbocycles. The Balaban J connectivity index is 1.73. The molecule has 0 radical (unpaired) electrons. The smallest absolute Gasteiger partial charge is 0.410 e. The fraction of sp³-hybridized carbons (Fsp3) is 0.478. The maximum Gasteiger partial charge on any atom is 0.410 e. The molecule has 1 unspecified atom stereocenters. The molecule has 0 bridgehead atoms. The predicted octanol–water partition coefficient (Wildman–Crippen LogP) is 4.40. The van der Waals surface area contributed by atoms with E-state index in [-0.39, 0.29) is 18.2 Å². The molecule has 1 aliphatic heterocycles. The molecule has 5 heteroatoms. The SMILES string of the molecule is Cc1ccc(C(C)NC[C@H]2Cc3ccccc3CN2C(=O)OC(C)(C)C)nc1. The van der Waals surface area contributed by atoms with Gasteiger partial charge in [-0.3, -0.25) is 9.88 Å². The molecule has 0 fully saturated rings. The maximum atomic E-state index is 12.8. The van der Waals surface area contributed by atoms with Crippen LogP contribution in [-0.2, 0) is 17.7 Å². The van der Waals surface area contributed by atoms with Gasteiger partial charge in [-0.2, -0.15) is 0 Å². The highest BCUT2D eigenvalue weighted by Crippen LogP contribution is 2.25. The minimum absolute atomic E-state index is 0.0395. The Morgan fingerprint density at radius 2 is 1.96 bits per heavy atom. The van der Waals surface area contributed by atoms with Crippen LogP contribution in [-0.4, -0.2) is 34.2 Å². The number of fused-ring (bicyclic) bond motifs is 1. The van der Waals surface area contributed by atoms with Crippen molar-refractivity contribution in [2.75, 3.05) is 6.54 Å². The fourth-order valence-electron chi connectivity index (χ4n) is 3.46. The summed E-state index contributed by atoms with van der Waals surface area (Å²) in [6.45, 7) is 11.1. The second kappa shape index (κ2) is 8.31. The lowest BCUT2D eigenvalue weighted by molar-refractivity contribution is 0.0117. The second-order valence-electron chi connectivity index (χ2n) is 8.63. The molecule has 0 spiro atoms. The van der Waals surface area contributed by atoms with Crippen molar-refractivity contribution in [1.82, 2.24) is 15.2 Å². The highest BCUT2D eigenvalue weighted by Gasteiger charge is 2.32. The number of nitrogens with one attached hydrogen (secondary N) is 1. The lowest BCUT2D eigenvalue weighted by Gasteiger charge is -2.38. The first kappa shape index (κ1) is 20.3. The quantitative estimate of drug-likeness (QED) is 0.853. The molecule has 2 atom stereocenters. The number of hydrogen-bond donors (Lipinski definition) is 1. The fourth-order valence-corrected chi connectivity index (χ4v) is 3.46. The zero-order valence-corrected chi connectivity index (χ0v) is 17.5. The van der Waals surface area contributed by atoms with Gasteiger partial charge in [0, 0.05) is 25.3 Å². The Morgan fingerprint density at radius 3 is 2.61 bits per heavy atom. The molecule has 2 aromatic rings. The van der Waals surface area contributed by atoms with E-state index in [0.717, 1.165) is 17.7 Å². The predicted molar refractivity (Wildman–Crippen MR) is 111 cm³/mol. The third-order valence-corrected chi connectivity index (χ3v) is 5.02. The molecule has 1 aliphatic rings. The minimum atomic E-state index is -0.509. The van der Waals surface area contributed by atoms with Crippen LogP contribution >= 0.6 is 0 Å². The number of aromatic nitrogens is 1. The number of ether oxygens (including phenoxy) is 1. The van der Waals surface area contributed by atoms with Crippen LogP contribution in [0.4, 0.5) is 4.79 Å². The summed E-state index contributed by atoms with van der Waals surface area (Å²) in [6.07, 6.45) is 2.45. The highest BCUT2D eigenvalue weighted by atomic mass is 16.6. The Labute approximate surface area is 168 Å². The number of benzene rings is 1. The monoisotopic (exact) mass is 381 g/mol. The van der Waals surface area contributed by atoms with Crippen LogP contribution in [0.3, 0.4) is 0 Å². The van der Waals surface area contributed by atoms with Crippen molar-refractivity contribution in [3.8, 4) is 0 Å². The van der Waals surface area contributed by atoms with Gasteiger partial charge in [0.15, 0.2) is 0 Å². The van der Waals surface area contributed by atoms with Crippen LogP contribution in [0.2, 0.25) is 0 Å². The topological polar surface area (TPSA) is 54.5 Å². The molecule has 1 aromatic heterocycles. The van der Waals surface area contributed by atoms with E-state index in [1.165, 1.54) is 11.1 Å². The van der Waals surface area contributed by atoms with E-state index in [1.54, 1.807) is 0 Å². The Kier molecular flexibility index (Phi) is 6.04. The number of carbonyl (C=O) groups is 1. The van der Waals surface area contributed by atoms with Crippen LogP contribution in [0.15, 0.2) is 42.6 Å². The average molecular weight is 382 g/mol. The van der Waals surface area contributed by atoms with E-state index in [0.29, 0.717) is 13.1 Å². The first-order valence-corrected chi connectivity index (χ1v) is 9.95. The Morgan fingerprint density at radius 1 is 1.25 bits per heavy atom. The summed E-state index contributed by atoms with van der Waals surface area (Å²) in [6, 6.07) is 12.6. The van der Waals surface area contributed by atoms with Crippen LogP contribution in [0.1, 0.15) is 56.1 Å². The van der Waals surface area contributed by atoms with Gasteiger partial charge in [0.1, 0.15) is 5.60 Å². The lowest BCUT2D eigenvalue weighted by Crippen LogP contribution is -2.50. The van der Waals surface area contributed by atoms with E-state index in [2.05, 4.69) is 47.6 Å². The van der Waals surface area contributed by atoms with E-state index in [9.17, 15) is 4.79 Å². The Bertz CT molecular complexity index is 811. The van der Waals surface area contributed by atoms with Crippen LogP contribution < -0.4 is 5.32 Å². The highest BCUT2D eigenvalue weighted by molar-refractivity contribution is 5.69. The van der Waals surface area contributed by atoms with Crippen molar-refractivity contribution < 1.29 is 9.53 Å². The minimum Gasteiger partial charge on any atom is -0.444 e. The van der Waals surface area contributed by atoms with E-state index in [1.807, 2.05) is 44.9 Å². The van der Waals surface area contributed by atoms with Crippen molar-refractivity contribution in [2.45, 2.75) is 65.3 Å². The van der Waals surface area contributed by atoms with Crippen molar-refractivity contribution in [3.05, 3.63) is 65.0 Å². The Hall–Kier alpha value is -2.40. The number of pyridine rings is 1. The molecule has 150 valence electrons. The van der Waals surface area contributed by atoms with Crippen LogP contribution in [0, 0.1) is 6.92 Å². The first-order chi connectivity index (χ1) is 13.2. The molecule has 0 saturated heterocycles. The number of hydrogen-bond acceptors (Lipinski definition) is 4. The van der Waals surface area contributed by atoms with Gasteiger partial charge in [-0.15, -0.1) is 0 Å². The maximum absolute atomic E-state index is 12.8. The lowest BCUT2D eigenvalue weighted by atomic mass is 9.94. The van der Waals surface area contributed by atoms with Crippen LogP contribution in [0.25, 0.3) is 0 Å². The summed E-state index contributed by atoms with van der Waals surface area (Å²) in [5.41, 5.74) is 4.14. The summed E-state index contributed by atoms with van der Waals surface area (Å²) >= 11 is 0. The summed E-state index contributed by atoms with van der Waals surface area (Å²) in [5.74, 6) is 0. The van der Waals surface area contributed by atoms with Crippen molar-refractivity contribution in [1.29, 1.82) is 0 Å². The summed E-state index contributed by atoms with van der Waals surface area (Å²) in [5, 5.41) is 3.55. The molecule has 1 N–H and O–H groups in total. The van der Waals surface area contributed by atoms with Gasteiger partial charge in [0.2, 0.25) is 0 Å². The van der Waals surface area contributed by atoms with Crippen molar-refractivity contribution >= 4 is 6.09 Å². The summed E-state index contributed by atoms with van der Waals surface area (Å²) in [7, 11) is 0.